The van der Waals surface area contributed by atoms with E-state index in [1.54, 1.807) is 11.4 Å². The van der Waals surface area contributed by atoms with Crippen LogP contribution in [0.2, 0.25) is 5.02 Å². The van der Waals surface area contributed by atoms with Crippen molar-refractivity contribution in [2.45, 2.75) is 13.0 Å². The molecular formula is C8H6ClNO2S. The molecule has 0 aromatic carbocycles. The van der Waals surface area contributed by atoms with E-state index in [0.717, 1.165) is 0 Å². The van der Waals surface area contributed by atoms with Gasteiger partial charge in [-0.3, -0.25) is 0 Å². The van der Waals surface area contributed by atoms with Gasteiger partial charge in [-0.25, -0.2) is 4.79 Å². The lowest BCUT2D eigenvalue weighted by atomic mass is 10.4. The number of halogens is 1. The summed E-state index contributed by atoms with van der Waals surface area (Å²) in [6.45, 7) is 1.51. The van der Waals surface area contributed by atoms with Crippen LogP contribution in [0.1, 0.15) is 16.6 Å². The van der Waals surface area contributed by atoms with Crippen LogP contribution in [-0.2, 0) is 4.74 Å². The van der Waals surface area contributed by atoms with Crippen molar-refractivity contribution in [1.82, 2.24) is 0 Å². The lowest BCUT2D eigenvalue weighted by Crippen LogP contribution is -2.11. The summed E-state index contributed by atoms with van der Waals surface area (Å²) in [6.07, 6.45) is -0.728. The Hall–Kier alpha value is -1.05. The van der Waals surface area contributed by atoms with E-state index in [9.17, 15) is 4.79 Å². The average molecular weight is 216 g/mol. The number of hydrogen-bond acceptors (Lipinski definition) is 4. The van der Waals surface area contributed by atoms with Crippen molar-refractivity contribution in [2.24, 2.45) is 0 Å². The number of carbonyl (C=O) groups excluding carboxylic acids is 1. The molecule has 0 fully saturated rings. The normalized spacial score (nSPS) is 11.8. The zero-order valence-corrected chi connectivity index (χ0v) is 8.35. The summed E-state index contributed by atoms with van der Waals surface area (Å²) in [5.74, 6) is -0.508. The predicted molar refractivity (Wildman–Crippen MR) is 49.8 cm³/mol. The molecule has 3 nitrogen and oxygen atoms in total. The van der Waals surface area contributed by atoms with Crippen LogP contribution in [-0.4, -0.2) is 12.1 Å². The maximum atomic E-state index is 11.2. The molecule has 0 spiro atoms. The van der Waals surface area contributed by atoms with E-state index in [-0.39, 0.29) is 0 Å². The smallest absolute Gasteiger partial charge is 0.349 e. The van der Waals surface area contributed by atoms with E-state index in [2.05, 4.69) is 0 Å². The molecule has 0 aliphatic carbocycles. The molecular weight excluding hydrogens is 210 g/mol. The Morgan fingerprint density at radius 1 is 1.85 bits per heavy atom. The highest BCUT2D eigenvalue weighted by atomic mass is 35.5. The third-order valence-electron chi connectivity index (χ3n) is 1.23. The highest BCUT2D eigenvalue weighted by Gasteiger charge is 2.12. The molecule has 1 aromatic rings. The van der Waals surface area contributed by atoms with E-state index < -0.39 is 12.1 Å². The van der Waals surface area contributed by atoms with Gasteiger partial charge in [0.2, 0.25) is 0 Å². The van der Waals surface area contributed by atoms with Crippen LogP contribution in [0.25, 0.3) is 0 Å². The number of esters is 1. The molecule has 1 aromatic heterocycles. The number of nitrogens with zero attached hydrogens (tertiary/aromatic N) is 1. The number of nitriles is 1. The van der Waals surface area contributed by atoms with Gasteiger partial charge in [0.15, 0.2) is 6.10 Å². The number of thiophene rings is 1. The predicted octanol–water partition coefficient (Wildman–Crippen LogP) is 2.47. The van der Waals surface area contributed by atoms with Crippen molar-refractivity contribution in [3.8, 4) is 6.07 Å². The van der Waals surface area contributed by atoms with E-state index >= 15 is 0 Å². The maximum Gasteiger partial charge on any atom is 0.349 e. The summed E-state index contributed by atoms with van der Waals surface area (Å²) in [7, 11) is 0. The summed E-state index contributed by atoms with van der Waals surface area (Å²) < 4.78 is 4.75. The van der Waals surface area contributed by atoms with Crippen molar-refractivity contribution in [3.05, 3.63) is 21.3 Å². The molecule has 0 saturated heterocycles. The van der Waals surface area contributed by atoms with E-state index in [1.807, 2.05) is 0 Å². The zero-order chi connectivity index (χ0) is 9.84. The highest BCUT2D eigenvalue weighted by Crippen LogP contribution is 2.20. The van der Waals surface area contributed by atoms with Crippen LogP contribution in [0, 0.1) is 11.3 Å². The summed E-state index contributed by atoms with van der Waals surface area (Å²) in [4.78, 5) is 11.6. The van der Waals surface area contributed by atoms with Crippen LogP contribution in [0.15, 0.2) is 11.4 Å². The quantitative estimate of drug-likeness (QED) is 0.713. The molecule has 5 heteroatoms. The Morgan fingerprint density at radius 3 is 3.00 bits per heavy atom. The molecule has 1 unspecified atom stereocenters. The van der Waals surface area contributed by atoms with Gasteiger partial charge < -0.3 is 4.74 Å². The van der Waals surface area contributed by atoms with Gasteiger partial charge in [-0.1, -0.05) is 11.6 Å². The van der Waals surface area contributed by atoms with Crippen LogP contribution >= 0.6 is 22.9 Å². The van der Waals surface area contributed by atoms with Gasteiger partial charge in [0, 0.05) is 5.38 Å². The van der Waals surface area contributed by atoms with Gasteiger partial charge in [-0.15, -0.1) is 11.3 Å². The third kappa shape index (κ3) is 2.72. The average Bonchev–Trinajstić information content (AvgIpc) is 2.51. The lowest BCUT2D eigenvalue weighted by Gasteiger charge is -2.02. The molecule has 0 amide bonds. The number of hydrogen-bond donors (Lipinski definition) is 0. The van der Waals surface area contributed by atoms with Crippen molar-refractivity contribution < 1.29 is 9.53 Å². The van der Waals surface area contributed by atoms with Gasteiger partial charge in [0.05, 0.1) is 5.02 Å². The standard InChI is InChI=1S/C8H6ClNO2S/c1-5(3-10)12-8(11)7-2-6(9)4-13-7/h2,4-5H,1H3. The summed E-state index contributed by atoms with van der Waals surface area (Å²) in [5.41, 5.74) is 0. The molecule has 1 atom stereocenters. The van der Waals surface area contributed by atoms with E-state index in [0.29, 0.717) is 9.90 Å². The van der Waals surface area contributed by atoms with Gasteiger partial charge in [-0.05, 0) is 13.0 Å². The second kappa shape index (κ2) is 4.26. The molecule has 0 bridgehead atoms. The summed E-state index contributed by atoms with van der Waals surface area (Å²) in [6, 6.07) is 3.31. The molecule has 1 heterocycles. The topological polar surface area (TPSA) is 50.1 Å². The fraction of sp³-hybridized carbons (Fsp3) is 0.250. The minimum absolute atomic E-state index is 0.409. The number of ether oxygens (including phenoxy) is 1. The first kappa shape index (κ1) is 10.0. The Bertz CT molecular complexity index is 355. The van der Waals surface area contributed by atoms with Crippen LogP contribution in [0.3, 0.4) is 0 Å². The van der Waals surface area contributed by atoms with Crippen LogP contribution in [0.4, 0.5) is 0 Å². The molecule has 0 saturated carbocycles. The molecule has 0 radical (unpaired) electrons. The SMILES string of the molecule is CC(C#N)OC(=O)c1cc(Cl)cs1. The molecule has 1 rings (SSSR count). The molecule has 0 aliphatic rings. The van der Waals surface area contributed by atoms with Crippen molar-refractivity contribution >= 4 is 28.9 Å². The van der Waals surface area contributed by atoms with Crippen molar-refractivity contribution in [3.63, 3.8) is 0 Å². The molecule has 68 valence electrons. The first-order chi connectivity index (χ1) is 6.13. The highest BCUT2D eigenvalue weighted by molar-refractivity contribution is 7.12. The molecule has 0 N–H and O–H groups in total. The second-order valence-corrected chi connectivity index (χ2v) is 3.65. The van der Waals surface area contributed by atoms with Gasteiger partial charge >= 0.3 is 5.97 Å². The summed E-state index contributed by atoms with van der Waals surface area (Å²) in [5, 5.41) is 10.5. The van der Waals surface area contributed by atoms with Gasteiger partial charge in [-0.2, -0.15) is 5.26 Å². The third-order valence-corrected chi connectivity index (χ3v) is 2.49. The van der Waals surface area contributed by atoms with Crippen LogP contribution < -0.4 is 0 Å². The fourth-order valence-electron chi connectivity index (χ4n) is 0.665. The minimum atomic E-state index is -0.728. The van der Waals surface area contributed by atoms with E-state index in [4.69, 9.17) is 21.6 Å². The van der Waals surface area contributed by atoms with Crippen molar-refractivity contribution in [2.75, 3.05) is 0 Å². The Kier molecular flexibility index (Phi) is 3.29. The monoisotopic (exact) mass is 215 g/mol. The minimum Gasteiger partial charge on any atom is -0.443 e. The maximum absolute atomic E-state index is 11.2. The Balaban J connectivity index is 2.65. The van der Waals surface area contributed by atoms with E-state index in [1.165, 1.54) is 24.3 Å². The number of rotatable bonds is 2. The van der Waals surface area contributed by atoms with Crippen molar-refractivity contribution in [1.29, 1.82) is 5.26 Å². The molecule has 0 aliphatic heterocycles. The van der Waals surface area contributed by atoms with Gasteiger partial charge in [0.1, 0.15) is 10.9 Å². The summed E-state index contributed by atoms with van der Waals surface area (Å²) >= 11 is 6.81. The fourth-order valence-corrected chi connectivity index (χ4v) is 1.62. The van der Waals surface area contributed by atoms with Crippen LogP contribution in [0.5, 0.6) is 0 Å². The molecule has 13 heavy (non-hydrogen) atoms. The Morgan fingerprint density at radius 2 is 2.54 bits per heavy atom. The first-order valence-electron chi connectivity index (χ1n) is 3.48. The zero-order valence-electron chi connectivity index (χ0n) is 6.78. The lowest BCUT2D eigenvalue weighted by molar-refractivity contribution is 0.0441. The van der Waals surface area contributed by atoms with Gasteiger partial charge in [0.25, 0.3) is 0 Å². The first-order valence-corrected chi connectivity index (χ1v) is 4.74. The Labute approximate surface area is 84.5 Å². The second-order valence-electron chi connectivity index (χ2n) is 2.31. The number of carbonyl (C=O) groups is 1. The largest absolute Gasteiger partial charge is 0.443 e.